The number of nitrogens with zero attached hydrogens (tertiary/aromatic N) is 3. The predicted octanol–water partition coefficient (Wildman–Crippen LogP) is 1.63. The molecule has 18 heavy (non-hydrogen) atoms. The summed E-state index contributed by atoms with van der Waals surface area (Å²) in [5.41, 5.74) is 0. The first-order valence-corrected chi connectivity index (χ1v) is 8.36. The molecule has 0 amide bonds. The molecular formula is C11H23N3O3Si. The van der Waals surface area contributed by atoms with Crippen molar-refractivity contribution in [2.24, 2.45) is 0 Å². The van der Waals surface area contributed by atoms with Crippen molar-refractivity contribution in [3.8, 4) is 0 Å². The standard InChI is InChI=1S/C11H23N3O3Si/c1-5-15-18(16-6-2,17-7-3)9-8-14-11(4)12-10-13-14/h10H,5-9H2,1-4H3. The normalized spacial score (nSPS) is 12.0. The molecule has 0 aliphatic heterocycles. The van der Waals surface area contributed by atoms with Gasteiger partial charge in [0.25, 0.3) is 0 Å². The van der Waals surface area contributed by atoms with Crippen molar-refractivity contribution in [3.63, 3.8) is 0 Å². The highest BCUT2D eigenvalue weighted by Crippen LogP contribution is 2.17. The maximum absolute atomic E-state index is 5.78. The molecule has 0 saturated carbocycles. The van der Waals surface area contributed by atoms with Gasteiger partial charge in [-0.2, -0.15) is 5.10 Å². The van der Waals surface area contributed by atoms with Crippen molar-refractivity contribution >= 4 is 8.80 Å². The Bertz CT molecular complexity index is 329. The second-order valence-corrected chi connectivity index (χ2v) is 6.49. The van der Waals surface area contributed by atoms with Crippen LogP contribution in [0.15, 0.2) is 6.33 Å². The van der Waals surface area contributed by atoms with Crippen LogP contribution in [0.5, 0.6) is 0 Å². The van der Waals surface area contributed by atoms with Gasteiger partial charge in [0, 0.05) is 32.4 Å². The Kier molecular flexibility index (Phi) is 6.48. The molecule has 0 bridgehead atoms. The van der Waals surface area contributed by atoms with Gasteiger partial charge in [-0.05, 0) is 27.7 Å². The third-order valence-corrected chi connectivity index (χ3v) is 5.55. The van der Waals surface area contributed by atoms with Gasteiger partial charge in [0.05, 0.1) is 0 Å². The van der Waals surface area contributed by atoms with Crippen molar-refractivity contribution in [1.82, 2.24) is 14.8 Å². The fourth-order valence-electron chi connectivity index (χ4n) is 1.79. The maximum Gasteiger partial charge on any atom is 0.502 e. The van der Waals surface area contributed by atoms with Gasteiger partial charge < -0.3 is 13.3 Å². The topological polar surface area (TPSA) is 58.4 Å². The average molecular weight is 273 g/mol. The molecule has 7 heteroatoms. The molecular weight excluding hydrogens is 250 g/mol. The van der Waals surface area contributed by atoms with Gasteiger partial charge in [-0.1, -0.05) is 0 Å². The van der Waals surface area contributed by atoms with Gasteiger partial charge in [0.1, 0.15) is 12.2 Å². The zero-order chi connectivity index (χ0) is 13.4. The Morgan fingerprint density at radius 1 is 1.11 bits per heavy atom. The van der Waals surface area contributed by atoms with E-state index in [0.717, 1.165) is 5.82 Å². The molecule has 6 nitrogen and oxygen atoms in total. The Balaban J connectivity index is 2.67. The van der Waals surface area contributed by atoms with E-state index in [1.807, 2.05) is 32.4 Å². The molecule has 0 N–H and O–H groups in total. The molecule has 0 fully saturated rings. The van der Waals surface area contributed by atoms with Crippen LogP contribution >= 0.6 is 0 Å². The van der Waals surface area contributed by atoms with E-state index in [2.05, 4.69) is 10.1 Å². The van der Waals surface area contributed by atoms with E-state index in [-0.39, 0.29) is 0 Å². The fourth-order valence-corrected chi connectivity index (χ4v) is 4.27. The summed E-state index contributed by atoms with van der Waals surface area (Å²) in [4.78, 5) is 4.10. The second kappa shape index (κ2) is 7.62. The van der Waals surface area contributed by atoms with Crippen molar-refractivity contribution < 1.29 is 13.3 Å². The van der Waals surface area contributed by atoms with Gasteiger partial charge in [-0.15, -0.1) is 0 Å². The molecule has 0 radical (unpaired) electrons. The highest BCUT2D eigenvalue weighted by atomic mass is 28.4. The first-order chi connectivity index (χ1) is 8.67. The number of hydrogen-bond acceptors (Lipinski definition) is 5. The summed E-state index contributed by atoms with van der Waals surface area (Å²) in [5, 5.41) is 4.16. The number of rotatable bonds is 9. The summed E-state index contributed by atoms with van der Waals surface area (Å²) in [6.45, 7) is 10.3. The van der Waals surface area contributed by atoms with Crippen LogP contribution in [0.4, 0.5) is 0 Å². The van der Waals surface area contributed by atoms with E-state index in [1.54, 1.807) is 6.33 Å². The van der Waals surface area contributed by atoms with Gasteiger partial charge >= 0.3 is 8.80 Å². The Morgan fingerprint density at radius 3 is 2.06 bits per heavy atom. The van der Waals surface area contributed by atoms with E-state index >= 15 is 0 Å². The van der Waals surface area contributed by atoms with Crippen molar-refractivity contribution in [1.29, 1.82) is 0 Å². The van der Waals surface area contributed by atoms with E-state index in [0.29, 0.717) is 32.4 Å². The number of aryl methyl sites for hydroxylation is 2. The lowest BCUT2D eigenvalue weighted by atomic mass is 10.6. The molecule has 0 atom stereocenters. The Hall–Kier alpha value is -0.763. The fraction of sp³-hybridized carbons (Fsp3) is 0.818. The Morgan fingerprint density at radius 2 is 1.67 bits per heavy atom. The number of aromatic nitrogens is 3. The van der Waals surface area contributed by atoms with Gasteiger partial charge in [-0.3, -0.25) is 4.68 Å². The summed E-state index contributed by atoms with van der Waals surface area (Å²) < 4.78 is 19.2. The van der Waals surface area contributed by atoms with Crippen LogP contribution in [-0.2, 0) is 19.8 Å². The molecule has 0 aromatic carbocycles. The van der Waals surface area contributed by atoms with Crippen LogP contribution < -0.4 is 0 Å². The molecule has 0 saturated heterocycles. The van der Waals surface area contributed by atoms with Crippen molar-refractivity contribution in [2.45, 2.75) is 40.3 Å². The van der Waals surface area contributed by atoms with Crippen LogP contribution in [0, 0.1) is 6.92 Å². The minimum absolute atomic E-state index is 0.600. The third kappa shape index (κ3) is 4.16. The van der Waals surface area contributed by atoms with Crippen LogP contribution in [0.1, 0.15) is 26.6 Å². The first-order valence-electron chi connectivity index (χ1n) is 6.43. The Labute approximate surface area is 110 Å². The maximum atomic E-state index is 5.78. The third-order valence-electron chi connectivity index (χ3n) is 2.53. The van der Waals surface area contributed by atoms with Crippen LogP contribution in [0.25, 0.3) is 0 Å². The van der Waals surface area contributed by atoms with Crippen molar-refractivity contribution in [3.05, 3.63) is 12.2 Å². The summed E-state index contributed by atoms with van der Waals surface area (Å²) in [5.74, 6) is 0.891. The largest absolute Gasteiger partial charge is 0.502 e. The van der Waals surface area contributed by atoms with E-state index in [9.17, 15) is 0 Å². The number of hydrogen-bond donors (Lipinski definition) is 0. The molecule has 0 unspecified atom stereocenters. The highest BCUT2D eigenvalue weighted by Gasteiger charge is 2.40. The van der Waals surface area contributed by atoms with Gasteiger partial charge in [0.2, 0.25) is 0 Å². The minimum atomic E-state index is -2.56. The smallest absolute Gasteiger partial charge is 0.374 e. The zero-order valence-corrected chi connectivity index (χ0v) is 12.7. The van der Waals surface area contributed by atoms with E-state index in [1.165, 1.54) is 0 Å². The molecule has 104 valence electrons. The molecule has 0 aliphatic carbocycles. The first kappa shape index (κ1) is 15.3. The highest BCUT2D eigenvalue weighted by molar-refractivity contribution is 6.60. The second-order valence-electron chi connectivity index (χ2n) is 3.76. The summed E-state index contributed by atoms with van der Waals surface area (Å²) in [7, 11) is -2.56. The van der Waals surface area contributed by atoms with Crippen molar-refractivity contribution in [2.75, 3.05) is 19.8 Å². The van der Waals surface area contributed by atoms with Gasteiger partial charge in [-0.25, -0.2) is 4.98 Å². The van der Waals surface area contributed by atoms with Crippen LogP contribution in [0.2, 0.25) is 6.04 Å². The summed E-state index contributed by atoms with van der Waals surface area (Å²) in [6.07, 6.45) is 1.56. The average Bonchev–Trinajstić information content (AvgIpc) is 2.73. The van der Waals surface area contributed by atoms with E-state index < -0.39 is 8.80 Å². The van der Waals surface area contributed by atoms with E-state index in [4.69, 9.17) is 13.3 Å². The SMILES string of the molecule is CCO[Si](CCn1ncnc1C)(OCC)OCC. The lowest BCUT2D eigenvalue weighted by Crippen LogP contribution is -2.46. The zero-order valence-electron chi connectivity index (χ0n) is 11.7. The lowest BCUT2D eigenvalue weighted by Gasteiger charge is -2.28. The molecule has 1 heterocycles. The quantitative estimate of drug-likeness (QED) is 0.640. The monoisotopic (exact) mass is 273 g/mol. The molecule has 0 spiro atoms. The van der Waals surface area contributed by atoms with Crippen LogP contribution in [-0.4, -0.2) is 43.4 Å². The molecule has 1 aromatic rings. The summed E-state index contributed by atoms with van der Waals surface area (Å²) >= 11 is 0. The molecule has 1 aromatic heterocycles. The predicted molar refractivity (Wildman–Crippen MR) is 70.2 cm³/mol. The van der Waals surface area contributed by atoms with Crippen LogP contribution in [0.3, 0.4) is 0 Å². The molecule has 0 aliphatic rings. The summed E-state index contributed by atoms with van der Waals surface area (Å²) in [6, 6.07) is 0.715. The molecule has 1 rings (SSSR count). The van der Waals surface area contributed by atoms with Gasteiger partial charge in [0.15, 0.2) is 0 Å². The lowest BCUT2D eigenvalue weighted by molar-refractivity contribution is 0.0699. The minimum Gasteiger partial charge on any atom is -0.374 e.